The van der Waals surface area contributed by atoms with E-state index in [-0.39, 0.29) is 12.1 Å². The standard InChI is InChI=1S/C19H22BrN3O2/c1-13-8-9-15(20)11-17(13)23-19(24)22-12-14-5-4-10-21-18(14)25-16-6-2-3-7-16/h4-5,8-11,16H,2-3,6-7,12H2,1H3,(H2,22,23,24). The molecule has 2 aromatic rings. The minimum absolute atomic E-state index is 0.242. The van der Waals surface area contributed by atoms with E-state index in [0.29, 0.717) is 12.4 Å². The lowest BCUT2D eigenvalue weighted by Crippen LogP contribution is -2.29. The first-order chi connectivity index (χ1) is 12.1. The molecule has 3 rings (SSSR count). The number of halogens is 1. The summed E-state index contributed by atoms with van der Waals surface area (Å²) < 4.78 is 6.93. The van der Waals surface area contributed by atoms with E-state index >= 15 is 0 Å². The summed E-state index contributed by atoms with van der Waals surface area (Å²) >= 11 is 3.42. The van der Waals surface area contributed by atoms with Gasteiger partial charge in [0.15, 0.2) is 0 Å². The number of pyridine rings is 1. The molecule has 1 aliphatic carbocycles. The normalized spacial score (nSPS) is 14.3. The molecule has 1 aromatic carbocycles. The number of urea groups is 1. The average Bonchev–Trinajstić information content (AvgIpc) is 3.10. The van der Waals surface area contributed by atoms with Gasteiger partial charge in [0.05, 0.1) is 0 Å². The van der Waals surface area contributed by atoms with Gasteiger partial charge in [0.2, 0.25) is 5.88 Å². The molecular weight excluding hydrogens is 382 g/mol. The van der Waals surface area contributed by atoms with Gasteiger partial charge in [0, 0.05) is 28.5 Å². The predicted octanol–water partition coefficient (Wildman–Crippen LogP) is 4.80. The van der Waals surface area contributed by atoms with Gasteiger partial charge in [-0.1, -0.05) is 28.1 Å². The summed E-state index contributed by atoms with van der Waals surface area (Å²) in [5, 5.41) is 5.75. The van der Waals surface area contributed by atoms with Crippen LogP contribution >= 0.6 is 15.9 Å². The Morgan fingerprint density at radius 1 is 1.32 bits per heavy atom. The number of aryl methyl sites for hydroxylation is 1. The fourth-order valence-corrected chi connectivity index (χ4v) is 3.26. The second-order valence-corrected chi connectivity index (χ2v) is 7.17. The number of hydrogen-bond acceptors (Lipinski definition) is 3. The number of carbonyl (C=O) groups excluding carboxylic acids is 1. The van der Waals surface area contributed by atoms with Crippen LogP contribution in [0.3, 0.4) is 0 Å². The Balaban J connectivity index is 1.59. The maximum absolute atomic E-state index is 12.2. The lowest BCUT2D eigenvalue weighted by molar-refractivity contribution is 0.199. The summed E-state index contributed by atoms with van der Waals surface area (Å²) in [5.74, 6) is 0.619. The van der Waals surface area contributed by atoms with E-state index < -0.39 is 0 Å². The van der Waals surface area contributed by atoms with Gasteiger partial charge in [-0.05, 0) is 56.4 Å². The molecule has 0 saturated heterocycles. The highest BCUT2D eigenvalue weighted by Crippen LogP contribution is 2.25. The van der Waals surface area contributed by atoms with Gasteiger partial charge >= 0.3 is 6.03 Å². The zero-order valence-electron chi connectivity index (χ0n) is 14.2. The SMILES string of the molecule is Cc1ccc(Br)cc1NC(=O)NCc1cccnc1OC1CCCC1. The van der Waals surface area contributed by atoms with E-state index in [4.69, 9.17) is 4.74 Å². The summed E-state index contributed by atoms with van der Waals surface area (Å²) in [6.07, 6.45) is 6.53. The van der Waals surface area contributed by atoms with Crippen LogP contribution in [0.5, 0.6) is 5.88 Å². The van der Waals surface area contributed by atoms with Crippen molar-refractivity contribution in [3.8, 4) is 5.88 Å². The topological polar surface area (TPSA) is 63.2 Å². The van der Waals surface area contributed by atoms with Crippen molar-refractivity contribution in [2.45, 2.75) is 45.3 Å². The van der Waals surface area contributed by atoms with E-state index in [1.165, 1.54) is 12.8 Å². The van der Waals surface area contributed by atoms with Crippen molar-refractivity contribution in [1.82, 2.24) is 10.3 Å². The van der Waals surface area contributed by atoms with Crippen molar-refractivity contribution >= 4 is 27.6 Å². The molecule has 1 saturated carbocycles. The Morgan fingerprint density at radius 3 is 2.92 bits per heavy atom. The van der Waals surface area contributed by atoms with Crippen LogP contribution in [0.4, 0.5) is 10.5 Å². The van der Waals surface area contributed by atoms with E-state index in [2.05, 4.69) is 31.5 Å². The van der Waals surface area contributed by atoms with Crippen LogP contribution in [-0.4, -0.2) is 17.1 Å². The maximum atomic E-state index is 12.2. The molecule has 0 spiro atoms. The molecule has 132 valence electrons. The van der Waals surface area contributed by atoms with Gasteiger partial charge in [-0.3, -0.25) is 0 Å². The Kier molecular flexibility index (Phi) is 5.91. The minimum Gasteiger partial charge on any atom is -0.474 e. The largest absolute Gasteiger partial charge is 0.474 e. The molecule has 0 atom stereocenters. The lowest BCUT2D eigenvalue weighted by Gasteiger charge is -2.16. The molecule has 0 aliphatic heterocycles. The smallest absolute Gasteiger partial charge is 0.319 e. The van der Waals surface area contributed by atoms with Crippen molar-refractivity contribution in [2.24, 2.45) is 0 Å². The van der Waals surface area contributed by atoms with Gasteiger partial charge in [0.25, 0.3) is 0 Å². The van der Waals surface area contributed by atoms with Gasteiger partial charge in [-0.15, -0.1) is 0 Å². The van der Waals surface area contributed by atoms with Crippen molar-refractivity contribution in [2.75, 3.05) is 5.32 Å². The van der Waals surface area contributed by atoms with Gasteiger partial charge < -0.3 is 15.4 Å². The predicted molar refractivity (Wildman–Crippen MR) is 102 cm³/mol. The van der Waals surface area contributed by atoms with E-state index in [9.17, 15) is 4.79 Å². The Morgan fingerprint density at radius 2 is 2.12 bits per heavy atom. The fraction of sp³-hybridized carbons (Fsp3) is 0.368. The number of benzene rings is 1. The summed E-state index contributed by atoms with van der Waals surface area (Å²) in [4.78, 5) is 16.5. The van der Waals surface area contributed by atoms with Gasteiger partial charge in [-0.25, -0.2) is 9.78 Å². The third kappa shape index (κ3) is 4.95. The van der Waals surface area contributed by atoms with Crippen molar-refractivity contribution in [3.63, 3.8) is 0 Å². The van der Waals surface area contributed by atoms with Crippen LogP contribution in [0.2, 0.25) is 0 Å². The zero-order valence-corrected chi connectivity index (χ0v) is 15.8. The average molecular weight is 404 g/mol. The number of anilines is 1. The molecule has 0 bridgehead atoms. The molecule has 0 radical (unpaired) electrons. The number of aromatic nitrogens is 1. The molecular formula is C19H22BrN3O2. The molecule has 2 amide bonds. The number of nitrogens with zero attached hydrogens (tertiary/aromatic N) is 1. The second-order valence-electron chi connectivity index (χ2n) is 6.26. The number of rotatable bonds is 5. The molecule has 1 aromatic heterocycles. The van der Waals surface area contributed by atoms with Crippen molar-refractivity contribution < 1.29 is 9.53 Å². The monoisotopic (exact) mass is 403 g/mol. The van der Waals surface area contributed by atoms with Crippen LogP contribution < -0.4 is 15.4 Å². The second kappa shape index (κ2) is 8.34. The Bertz CT molecular complexity index is 745. The quantitative estimate of drug-likeness (QED) is 0.753. The summed E-state index contributed by atoms with van der Waals surface area (Å²) in [6, 6.07) is 9.32. The van der Waals surface area contributed by atoms with E-state index in [1.54, 1.807) is 6.20 Å². The maximum Gasteiger partial charge on any atom is 0.319 e. The highest BCUT2D eigenvalue weighted by Gasteiger charge is 2.18. The fourth-order valence-electron chi connectivity index (χ4n) is 2.90. The zero-order chi connectivity index (χ0) is 17.6. The highest BCUT2D eigenvalue weighted by atomic mass is 79.9. The summed E-state index contributed by atoms with van der Waals surface area (Å²) in [5.41, 5.74) is 2.67. The van der Waals surface area contributed by atoms with Crippen LogP contribution in [-0.2, 0) is 6.54 Å². The molecule has 1 fully saturated rings. The van der Waals surface area contributed by atoms with Crippen molar-refractivity contribution in [1.29, 1.82) is 0 Å². The number of amides is 2. The molecule has 1 heterocycles. The third-order valence-electron chi connectivity index (χ3n) is 4.32. The number of hydrogen-bond donors (Lipinski definition) is 2. The lowest BCUT2D eigenvalue weighted by atomic mass is 10.2. The summed E-state index contributed by atoms with van der Waals surface area (Å²) in [6.45, 7) is 2.32. The van der Waals surface area contributed by atoms with Gasteiger partial charge in [0.1, 0.15) is 6.10 Å². The molecule has 25 heavy (non-hydrogen) atoms. The van der Waals surface area contributed by atoms with Crippen LogP contribution in [0.25, 0.3) is 0 Å². The molecule has 6 heteroatoms. The first kappa shape index (κ1) is 17.7. The molecule has 1 aliphatic rings. The summed E-state index contributed by atoms with van der Waals surface area (Å²) in [7, 11) is 0. The van der Waals surface area contributed by atoms with Crippen LogP contribution in [0.15, 0.2) is 41.0 Å². The highest BCUT2D eigenvalue weighted by molar-refractivity contribution is 9.10. The van der Waals surface area contributed by atoms with E-state index in [0.717, 1.165) is 34.1 Å². The third-order valence-corrected chi connectivity index (χ3v) is 4.81. The number of ether oxygens (including phenoxy) is 1. The molecule has 2 N–H and O–H groups in total. The number of carbonyl (C=O) groups is 1. The first-order valence-electron chi connectivity index (χ1n) is 8.53. The van der Waals surface area contributed by atoms with Crippen LogP contribution in [0, 0.1) is 6.92 Å². The Labute approximate surface area is 156 Å². The van der Waals surface area contributed by atoms with Gasteiger partial charge in [-0.2, -0.15) is 0 Å². The minimum atomic E-state index is -0.253. The molecule has 5 nitrogen and oxygen atoms in total. The number of nitrogens with one attached hydrogen (secondary N) is 2. The molecule has 0 unspecified atom stereocenters. The first-order valence-corrected chi connectivity index (χ1v) is 9.32. The Hall–Kier alpha value is -2.08. The van der Waals surface area contributed by atoms with E-state index in [1.807, 2.05) is 37.3 Å². The van der Waals surface area contributed by atoms with Crippen molar-refractivity contribution in [3.05, 3.63) is 52.1 Å². The van der Waals surface area contributed by atoms with Crippen LogP contribution in [0.1, 0.15) is 36.8 Å².